The molecular formula is C27H32ClNO5. The largest absolute Gasteiger partial charge is 0.458 e. The summed E-state index contributed by atoms with van der Waals surface area (Å²) in [5.41, 5.74) is 1.58. The first-order valence-electron chi connectivity index (χ1n) is 11.7. The molecule has 1 aliphatic rings. The van der Waals surface area contributed by atoms with Crippen LogP contribution in [0.25, 0.3) is 0 Å². The number of hydrogen-bond acceptors (Lipinski definition) is 5. The fraction of sp³-hybridized carbons (Fsp3) is 0.444. The summed E-state index contributed by atoms with van der Waals surface area (Å²) in [6.45, 7) is 7.78. The van der Waals surface area contributed by atoms with Crippen molar-refractivity contribution in [1.82, 2.24) is 0 Å². The van der Waals surface area contributed by atoms with Crippen LogP contribution in [0.2, 0.25) is 5.02 Å². The van der Waals surface area contributed by atoms with Crippen molar-refractivity contribution in [2.24, 2.45) is 17.8 Å². The molecule has 0 aromatic heterocycles. The van der Waals surface area contributed by atoms with E-state index in [9.17, 15) is 14.4 Å². The van der Waals surface area contributed by atoms with Crippen LogP contribution in [0.4, 0.5) is 5.69 Å². The normalized spacial score (nSPS) is 20.0. The average Bonchev–Trinajstić information content (AvgIpc) is 2.79. The molecule has 0 aliphatic heterocycles. The minimum Gasteiger partial charge on any atom is -0.458 e. The second-order valence-electron chi connectivity index (χ2n) is 9.40. The maximum absolute atomic E-state index is 13.0. The highest BCUT2D eigenvalue weighted by molar-refractivity contribution is 6.31. The molecule has 1 amide bonds. The number of nitrogens with one attached hydrogen (secondary N) is 1. The van der Waals surface area contributed by atoms with Crippen LogP contribution in [0.5, 0.6) is 0 Å². The molecular weight excluding hydrogens is 454 g/mol. The summed E-state index contributed by atoms with van der Waals surface area (Å²) >= 11 is 5.98. The molecule has 0 unspecified atom stereocenters. The van der Waals surface area contributed by atoms with Crippen LogP contribution in [0, 0.1) is 24.7 Å². The number of aryl methyl sites for hydroxylation is 1. The lowest BCUT2D eigenvalue weighted by Crippen LogP contribution is -2.36. The molecule has 0 heterocycles. The van der Waals surface area contributed by atoms with Gasteiger partial charge in [-0.1, -0.05) is 57.0 Å². The number of carbonyl (C=O) groups excluding carboxylic acids is 3. The van der Waals surface area contributed by atoms with Crippen molar-refractivity contribution < 1.29 is 23.9 Å². The second kappa shape index (κ2) is 11.5. The van der Waals surface area contributed by atoms with Crippen LogP contribution in [0.1, 0.15) is 66.3 Å². The first kappa shape index (κ1) is 25.8. The third-order valence-corrected chi connectivity index (χ3v) is 6.63. The summed E-state index contributed by atoms with van der Waals surface area (Å²) in [6, 6.07) is 11.5. The molecule has 182 valence electrons. The molecule has 6 nitrogen and oxygen atoms in total. The molecule has 1 N–H and O–H groups in total. The first-order valence-corrected chi connectivity index (χ1v) is 12.1. The molecule has 2 aromatic carbocycles. The van der Waals surface area contributed by atoms with Gasteiger partial charge >= 0.3 is 11.9 Å². The molecule has 1 saturated carbocycles. The molecule has 0 spiro atoms. The van der Waals surface area contributed by atoms with Crippen LogP contribution in [0.3, 0.4) is 0 Å². The van der Waals surface area contributed by atoms with E-state index in [0.717, 1.165) is 24.8 Å². The maximum Gasteiger partial charge on any atom is 0.339 e. The van der Waals surface area contributed by atoms with Crippen molar-refractivity contribution in [3.05, 3.63) is 64.2 Å². The molecule has 3 atom stereocenters. The number of ether oxygens (including phenoxy) is 2. The molecule has 34 heavy (non-hydrogen) atoms. The first-order chi connectivity index (χ1) is 16.2. The van der Waals surface area contributed by atoms with Crippen molar-refractivity contribution in [2.45, 2.75) is 53.1 Å². The highest BCUT2D eigenvalue weighted by Gasteiger charge is 2.34. The number of amides is 1. The Balaban J connectivity index is 1.65. The standard InChI is InChI=1S/C27H32ClNO5/c1-16(2)20-12-9-17(3)13-24(20)34-27(32)22-8-6-5-7-21(22)26(31)33-15-25(30)29-23-14-19(28)11-10-18(23)4/h5-8,10-11,14,16-17,20,24H,9,12-13,15H2,1-4H3,(H,29,30)/t17-,20+,24-/m1/s1. The van der Waals surface area contributed by atoms with Gasteiger partial charge in [0, 0.05) is 10.7 Å². The fourth-order valence-corrected chi connectivity index (χ4v) is 4.59. The van der Waals surface area contributed by atoms with Gasteiger partial charge in [0.2, 0.25) is 0 Å². The van der Waals surface area contributed by atoms with Crippen LogP contribution >= 0.6 is 11.6 Å². The molecule has 3 rings (SSSR count). The summed E-state index contributed by atoms with van der Waals surface area (Å²) in [5, 5.41) is 3.16. The van der Waals surface area contributed by atoms with Gasteiger partial charge in [0.1, 0.15) is 6.10 Å². The Bertz CT molecular complexity index is 1050. The summed E-state index contributed by atoms with van der Waals surface area (Å²) in [6.07, 6.45) is 2.76. The minimum atomic E-state index is -0.761. The van der Waals surface area contributed by atoms with Crippen molar-refractivity contribution in [3.8, 4) is 0 Å². The van der Waals surface area contributed by atoms with Gasteiger partial charge < -0.3 is 14.8 Å². The molecule has 1 aliphatic carbocycles. The van der Waals surface area contributed by atoms with Gasteiger partial charge in [-0.25, -0.2) is 9.59 Å². The number of halogens is 1. The number of anilines is 1. The maximum atomic E-state index is 13.0. The minimum absolute atomic E-state index is 0.0733. The zero-order chi connectivity index (χ0) is 24.8. The van der Waals surface area contributed by atoms with E-state index >= 15 is 0 Å². The van der Waals surface area contributed by atoms with Gasteiger partial charge in [-0.3, -0.25) is 4.79 Å². The molecule has 1 fully saturated rings. The van der Waals surface area contributed by atoms with Gasteiger partial charge in [-0.05, 0) is 67.3 Å². The lowest BCUT2D eigenvalue weighted by atomic mass is 9.75. The van der Waals surface area contributed by atoms with Crippen LogP contribution in [-0.2, 0) is 14.3 Å². The van der Waals surface area contributed by atoms with E-state index in [-0.39, 0.29) is 23.1 Å². The third kappa shape index (κ3) is 6.60. The summed E-state index contributed by atoms with van der Waals surface area (Å²) in [5.74, 6) is -0.645. The zero-order valence-electron chi connectivity index (χ0n) is 20.1. The SMILES string of the molecule is Cc1ccc(Cl)cc1NC(=O)COC(=O)c1ccccc1C(=O)O[C@@H]1C[C@H](C)CC[C@H]1C(C)C. The Morgan fingerprint density at radius 2 is 1.74 bits per heavy atom. The van der Waals surface area contributed by atoms with Crippen molar-refractivity contribution in [2.75, 3.05) is 11.9 Å². The topological polar surface area (TPSA) is 81.7 Å². The van der Waals surface area contributed by atoms with Crippen LogP contribution in [-0.4, -0.2) is 30.6 Å². The van der Waals surface area contributed by atoms with E-state index in [1.54, 1.807) is 36.4 Å². The van der Waals surface area contributed by atoms with Crippen molar-refractivity contribution >= 4 is 35.1 Å². The van der Waals surface area contributed by atoms with E-state index in [4.69, 9.17) is 21.1 Å². The third-order valence-electron chi connectivity index (χ3n) is 6.39. The van der Waals surface area contributed by atoms with Crippen LogP contribution in [0.15, 0.2) is 42.5 Å². The average molecular weight is 486 g/mol. The van der Waals surface area contributed by atoms with E-state index in [0.29, 0.717) is 22.5 Å². The lowest BCUT2D eigenvalue weighted by molar-refractivity contribution is -0.119. The van der Waals surface area contributed by atoms with Gasteiger partial charge in [-0.2, -0.15) is 0 Å². The number of esters is 2. The van der Waals surface area contributed by atoms with Crippen molar-refractivity contribution in [1.29, 1.82) is 0 Å². The lowest BCUT2D eigenvalue weighted by Gasteiger charge is -2.36. The van der Waals surface area contributed by atoms with Gasteiger partial charge in [0.05, 0.1) is 11.1 Å². The zero-order valence-corrected chi connectivity index (χ0v) is 20.9. The van der Waals surface area contributed by atoms with E-state index < -0.39 is 24.5 Å². The number of rotatable bonds is 7. The second-order valence-corrected chi connectivity index (χ2v) is 9.84. The quantitative estimate of drug-likeness (QED) is 0.482. The van der Waals surface area contributed by atoms with Gasteiger partial charge in [-0.15, -0.1) is 0 Å². The van der Waals surface area contributed by atoms with E-state index in [1.807, 2.05) is 6.92 Å². The Morgan fingerprint density at radius 3 is 2.41 bits per heavy atom. The Hall–Kier alpha value is -2.86. The van der Waals surface area contributed by atoms with Crippen molar-refractivity contribution in [3.63, 3.8) is 0 Å². The summed E-state index contributed by atoms with van der Waals surface area (Å²) in [4.78, 5) is 38.1. The fourth-order valence-electron chi connectivity index (χ4n) is 4.41. The van der Waals surface area contributed by atoms with Crippen LogP contribution < -0.4 is 5.32 Å². The number of carbonyl (C=O) groups is 3. The Labute approximate surface area is 206 Å². The van der Waals surface area contributed by atoms with Gasteiger partial charge in [0.25, 0.3) is 5.91 Å². The summed E-state index contributed by atoms with van der Waals surface area (Å²) in [7, 11) is 0. The molecule has 0 bridgehead atoms. The van der Waals surface area contributed by atoms with E-state index in [1.165, 1.54) is 6.07 Å². The predicted octanol–water partition coefficient (Wildman–Crippen LogP) is 6.06. The molecule has 2 aromatic rings. The van der Waals surface area contributed by atoms with E-state index in [2.05, 4.69) is 26.1 Å². The highest BCUT2D eigenvalue weighted by Crippen LogP contribution is 2.36. The molecule has 0 saturated heterocycles. The number of benzene rings is 2. The Morgan fingerprint density at radius 1 is 1.06 bits per heavy atom. The molecule has 7 heteroatoms. The number of hydrogen-bond donors (Lipinski definition) is 1. The monoisotopic (exact) mass is 485 g/mol. The van der Waals surface area contributed by atoms with Gasteiger partial charge in [0.15, 0.2) is 6.61 Å². The molecule has 0 radical (unpaired) electrons. The summed E-state index contributed by atoms with van der Waals surface area (Å²) < 4.78 is 11.1. The predicted molar refractivity (Wildman–Crippen MR) is 132 cm³/mol. The Kier molecular flexibility index (Phi) is 8.72. The highest BCUT2D eigenvalue weighted by atomic mass is 35.5. The smallest absolute Gasteiger partial charge is 0.339 e.